The molecular weight excluding hydrogens is 274 g/mol. The Kier molecular flexibility index (Phi) is 3.30. The first-order chi connectivity index (χ1) is 9.74. The van der Waals surface area contributed by atoms with Gasteiger partial charge >= 0.3 is 5.97 Å². The van der Waals surface area contributed by atoms with Crippen molar-refractivity contribution in [1.29, 1.82) is 0 Å². The van der Waals surface area contributed by atoms with Crippen molar-refractivity contribution >= 4 is 28.6 Å². The maximum atomic E-state index is 11.4. The highest BCUT2D eigenvalue weighted by molar-refractivity contribution is 7.99. The van der Waals surface area contributed by atoms with Crippen LogP contribution in [0.4, 0.5) is 0 Å². The maximum Gasteiger partial charge on any atom is 0.336 e. The maximum absolute atomic E-state index is 11.4. The fourth-order valence-corrected chi connectivity index (χ4v) is 2.55. The number of aromatic carboxylic acids is 1. The molecule has 6 heteroatoms. The lowest BCUT2D eigenvalue weighted by molar-refractivity contribution is 0.0698. The number of aromatic nitrogens is 3. The number of para-hydroxylation sites is 1. The Morgan fingerprint density at radius 1 is 1.10 bits per heavy atom. The number of rotatable bonds is 3. The summed E-state index contributed by atoms with van der Waals surface area (Å²) in [5.74, 6) is -0.973. The molecule has 0 bridgehead atoms. The van der Waals surface area contributed by atoms with Crippen molar-refractivity contribution in [3.63, 3.8) is 0 Å². The quantitative estimate of drug-likeness (QED) is 0.745. The molecule has 20 heavy (non-hydrogen) atoms. The topological polar surface area (TPSA) is 76.0 Å². The van der Waals surface area contributed by atoms with E-state index in [1.807, 2.05) is 6.07 Å². The van der Waals surface area contributed by atoms with E-state index in [2.05, 4.69) is 15.0 Å². The first-order valence-corrected chi connectivity index (χ1v) is 6.63. The van der Waals surface area contributed by atoms with Gasteiger partial charge in [-0.15, -0.1) is 0 Å². The predicted octanol–water partition coefficient (Wildman–Crippen LogP) is 2.87. The molecule has 1 aromatic carbocycles. The molecule has 3 aromatic rings. The number of hydrogen-bond donors (Lipinski definition) is 1. The molecule has 98 valence electrons. The molecule has 0 aliphatic rings. The van der Waals surface area contributed by atoms with Crippen LogP contribution >= 0.6 is 11.8 Å². The summed E-state index contributed by atoms with van der Waals surface area (Å²) in [6.07, 6.45) is 3.27. The zero-order valence-corrected chi connectivity index (χ0v) is 11.0. The molecule has 5 nitrogen and oxygen atoms in total. The minimum absolute atomic E-state index is 0.231. The van der Waals surface area contributed by atoms with E-state index in [0.717, 1.165) is 0 Å². The molecule has 0 atom stereocenters. The van der Waals surface area contributed by atoms with Gasteiger partial charge in [-0.05, 0) is 30.0 Å². The summed E-state index contributed by atoms with van der Waals surface area (Å²) in [4.78, 5) is 24.0. The first-order valence-electron chi connectivity index (χ1n) is 5.82. The van der Waals surface area contributed by atoms with Gasteiger partial charge in [-0.3, -0.25) is 0 Å². The number of fused-ring (bicyclic) bond motifs is 1. The van der Waals surface area contributed by atoms with Crippen molar-refractivity contribution in [2.45, 2.75) is 10.2 Å². The summed E-state index contributed by atoms with van der Waals surface area (Å²) in [6, 6.07) is 10.4. The second kappa shape index (κ2) is 5.26. The molecule has 0 unspecified atom stereocenters. The highest BCUT2D eigenvalue weighted by atomic mass is 32.2. The zero-order valence-electron chi connectivity index (χ0n) is 10.2. The van der Waals surface area contributed by atoms with E-state index in [1.165, 1.54) is 11.8 Å². The Morgan fingerprint density at radius 3 is 2.60 bits per heavy atom. The van der Waals surface area contributed by atoms with E-state index in [4.69, 9.17) is 0 Å². The third-order valence-corrected chi connectivity index (χ3v) is 3.47. The van der Waals surface area contributed by atoms with Crippen molar-refractivity contribution in [3.8, 4) is 0 Å². The van der Waals surface area contributed by atoms with Gasteiger partial charge in [-0.25, -0.2) is 19.7 Å². The second-order valence-corrected chi connectivity index (χ2v) is 4.95. The van der Waals surface area contributed by atoms with Gasteiger partial charge in [0.25, 0.3) is 0 Å². The van der Waals surface area contributed by atoms with Crippen molar-refractivity contribution in [3.05, 3.63) is 54.4 Å². The fourth-order valence-electron chi connectivity index (χ4n) is 1.81. The smallest absolute Gasteiger partial charge is 0.336 e. The monoisotopic (exact) mass is 283 g/mol. The molecule has 0 fully saturated rings. The number of hydrogen-bond acceptors (Lipinski definition) is 5. The van der Waals surface area contributed by atoms with Crippen LogP contribution in [0.1, 0.15) is 10.4 Å². The average molecular weight is 283 g/mol. The third kappa shape index (κ3) is 2.46. The van der Waals surface area contributed by atoms with Crippen LogP contribution in [0.25, 0.3) is 10.9 Å². The summed E-state index contributed by atoms with van der Waals surface area (Å²) < 4.78 is 0. The average Bonchev–Trinajstić information content (AvgIpc) is 2.47. The van der Waals surface area contributed by atoms with E-state index in [-0.39, 0.29) is 5.56 Å². The van der Waals surface area contributed by atoms with Crippen LogP contribution in [0.3, 0.4) is 0 Å². The van der Waals surface area contributed by atoms with Gasteiger partial charge in [-0.2, -0.15) is 0 Å². The van der Waals surface area contributed by atoms with Crippen molar-refractivity contribution in [2.75, 3.05) is 0 Å². The zero-order chi connectivity index (χ0) is 13.9. The minimum atomic E-state index is -0.973. The number of carbonyl (C=O) groups is 1. The molecule has 1 N–H and O–H groups in total. The van der Waals surface area contributed by atoms with Crippen molar-refractivity contribution in [1.82, 2.24) is 15.0 Å². The lowest BCUT2D eigenvalue weighted by atomic mass is 10.1. The van der Waals surface area contributed by atoms with Crippen LogP contribution in [0.5, 0.6) is 0 Å². The van der Waals surface area contributed by atoms with Crippen molar-refractivity contribution < 1.29 is 9.90 Å². The number of carboxylic acid groups (broad SMARTS) is 1. The minimum Gasteiger partial charge on any atom is -0.478 e. The van der Waals surface area contributed by atoms with Crippen LogP contribution < -0.4 is 0 Å². The molecule has 0 saturated carbocycles. The van der Waals surface area contributed by atoms with Crippen LogP contribution in [0, 0.1) is 0 Å². The lowest BCUT2D eigenvalue weighted by Crippen LogP contribution is -2.00. The highest BCUT2D eigenvalue weighted by Crippen LogP contribution is 2.27. The van der Waals surface area contributed by atoms with E-state index in [1.54, 1.807) is 42.7 Å². The number of benzene rings is 1. The van der Waals surface area contributed by atoms with Gasteiger partial charge in [0.05, 0.1) is 11.1 Å². The van der Waals surface area contributed by atoms with Crippen LogP contribution in [-0.4, -0.2) is 26.0 Å². The van der Waals surface area contributed by atoms with Gasteiger partial charge in [-0.1, -0.05) is 18.2 Å². The Balaban J connectivity index is 2.10. The van der Waals surface area contributed by atoms with E-state index in [9.17, 15) is 9.90 Å². The molecule has 3 rings (SSSR count). The van der Waals surface area contributed by atoms with Gasteiger partial charge < -0.3 is 5.11 Å². The summed E-state index contributed by atoms with van der Waals surface area (Å²) >= 11 is 1.24. The van der Waals surface area contributed by atoms with Gasteiger partial charge in [0.15, 0.2) is 5.16 Å². The number of carboxylic acids is 1. The second-order valence-electron chi connectivity index (χ2n) is 3.96. The lowest BCUT2D eigenvalue weighted by Gasteiger charge is -2.05. The molecule has 0 aliphatic heterocycles. The van der Waals surface area contributed by atoms with Crippen LogP contribution in [0.15, 0.2) is 59.0 Å². The Hall–Kier alpha value is -2.47. The summed E-state index contributed by atoms with van der Waals surface area (Å²) in [5, 5.41) is 11.0. The summed E-state index contributed by atoms with van der Waals surface area (Å²) in [5.41, 5.74) is 0.875. The highest BCUT2D eigenvalue weighted by Gasteiger charge is 2.12. The molecule has 0 radical (unpaired) electrons. The van der Waals surface area contributed by atoms with Crippen LogP contribution in [-0.2, 0) is 0 Å². The molecule has 2 aromatic heterocycles. The number of nitrogens with zero attached hydrogens (tertiary/aromatic N) is 3. The van der Waals surface area contributed by atoms with E-state index >= 15 is 0 Å². The van der Waals surface area contributed by atoms with Gasteiger partial charge in [0.1, 0.15) is 5.03 Å². The molecule has 0 amide bonds. The van der Waals surface area contributed by atoms with E-state index < -0.39 is 5.97 Å². The fraction of sp³-hybridized carbons (Fsp3) is 0. The first kappa shape index (κ1) is 12.6. The van der Waals surface area contributed by atoms with Crippen LogP contribution in [0.2, 0.25) is 0 Å². The van der Waals surface area contributed by atoms with E-state index in [0.29, 0.717) is 21.1 Å². The summed E-state index contributed by atoms with van der Waals surface area (Å²) in [7, 11) is 0. The SMILES string of the molecule is O=C(O)c1cc(Sc2ncccn2)nc2ccccc12. The Bertz CT molecular complexity index is 778. The van der Waals surface area contributed by atoms with Gasteiger partial charge in [0, 0.05) is 17.8 Å². The Morgan fingerprint density at radius 2 is 1.85 bits per heavy atom. The largest absolute Gasteiger partial charge is 0.478 e. The molecule has 0 spiro atoms. The predicted molar refractivity (Wildman–Crippen MR) is 74.9 cm³/mol. The standard InChI is InChI=1S/C14H9N3O2S/c18-13(19)10-8-12(20-14-15-6-3-7-16-14)17-11-5-2-1-4-9(10)11/h1-8H,(H,18,19). The van der Waals surface area contributed by atoms with Gasteiger partial charge in [0.2, 0.25) is 0 Å². The molecule has 0 aliphatic carbocycles. The number of pyridine rings is 1. The third-order valence-electron chi connectivity index (χ3n) is 2.66. The molecule has 0 saturated heterocycles. The summed E-state index contributed by atoms with van der Waals surface area (Å²) in [6.45, 7) is 0. The normalized spacial score (nSPS) is 10.6. The Labute approximate surface area is 118 Å². The molecular formula is C14H9N3O2S. The molecule has 2 heterocycles. The van der Waals surface area contributed by atoms with Crippen molar-refractivity contribution in [2.24, 2.45) is 0 Å².